The number of likely N-dealkylation sites (tertiary alicyclic amines) is 1. The van der Waals surface area contributed by atoms with E-state index in [1.165, 1.54) is 0 Å². The second kappa shape index (κ2) is 9.99. The van der Waals surface area contributed by atoms with Gasteiger partial charge in [-0.1, -0.05) is 12.1 Å². The van der Waals surface area contributed by atoms with Crippen LogP contribution < -0.4 is 21.1 Å². The third kappa shape index (κ3) is 7.89. The second-order valence-corrected chi connectivity index (χ2v) is 7.82. The van der Waals surface area contributed by atoms with Crippen LogP contribution >= 0.6 is 0 Å². The largest absolute Gasteiger partial charge is 0.484 e. The minimum Gasteiger partial charge on any atom is -0.484 e. The highest BCUT2D eigenvalue weighted by Crippen LogP contribution is 2.16. The molecule has 160 valence electrons. The van der Waals surface area contributed by atoms with E-state index in [1.54, 1.807) is 11.0 Å². The van der Waals surface area contributed by atoms with Gasteiger partial charge in [0, 0.05) is 19.6 Å². The quantitative estimate of drug-likeness (QED) is 0.464. The fourth-order valence-corrected chi connectivity index (χ4v) is 2.62. The lowest BCUT2D eigenvalue weighted by atomic mass is 10.1. The summed E-state index contributed by atoms with van der Waals surface area (Å²) < 4.78 is 10.7. The van der Waals surface area contributed by atoms with E-state index in [1.807, 2.05) is 45.9 Å². The molecular formula is C20H31N5O4. The van der Waals surface area contributed by atoms with Crippen molar-refractivity contribution in [2.24, 2.45) is 10.7 Å². The molecule has 1 aromatic rings. The first-order valence-corrected chi connectivity index (χ1v) is 9.69. The van der Waals surface area contributed by atoms with Crippen LogP contribution in [0.25, 0.3) is 0 Å². The first kappa shape index (κ1) is 22.3. The third-order valence-electron chi connectivity index (χ3n) is 3.92. The third-order valence-corrected chi connectivity index (χ3v) is 3.92. The number of benzene rings is 1. The molecule has 9 nitrogen and oxygen atoms in total. The van der Waals surface area contributed by atoms with Crippen LogP contribution in [0, 0.1) is 0 Å². The predicted octanol–water partition coefficient (Wildman–Crippen LogP) is 1.23. The van der Waals surface area contributed by atoms with Gasteiger partial charge in [0.25, 0.3) is 5.91 Å². The van der Waals surface area contributed by atoms with Gasteiger partial charge in [0.15, 0.2) is 12.6 Å². The van der Waals surface area contributed by atoms with Gasteiger partial charge in [-0.15, -0.1) is 0 Å². The standard InChI is InChI=1S/C20H31N5O4/c1-5-22-18(24-15-11-25(12-15)19(27)29-20(2,3)4)23-10-14-7-6-8-16(9-14)28-13-17(21)26/h6-9,15H,5,10-13H2,1-4H3,(H2,21,26)(H2,22,23,24). The van der Waals surface area contributed by atoms with Crippen LogP contribution in [0.5, 0.6) is 5.75 Å². The van der Waals surface area contributed by atoms with Gasteiger partial charge in [0.2, 0.25) is 0 Å². The zero-order valence-electron chi connectivity index (χ0n) is 17.5. The Balaban J connectivity index is 1.87. The number of ether oxygens (including phenoxy) is 2. The fourth-order valence-electron chi connectivity index (χ4n) is 2.62. The zero-order valence-corrected chi connectivity index (χ0v) is 17.5. The van der Waals surface area contributed by atoms with Crippen molar-refractivity contribution >= 4 is 18.0 Å². The minimum atomic E-state index is -0.520. The molecule has 9 heteroatoms. The highest BCUT2D eigenvalue weighted by Gasteiger charge is 2.34. The summed E-state index contributed by atoms with van der Waals surface area (Å²) in [6.45, 7) is 9.67. The first-order chi connectivity index (χ1) is 13.7. The van der Waals surface area contributed by atoms with Crippen LogP contribution in [-0.2, 0) is 16.1 Å². The van der Waals surface area contributed by atoms with Gasteiger partial charge in [-0.2, -0.15) is 0 Å². The number of amides is 2. The van der Waals surface area contributed by atoms with E-state index in [0.717, 1.165) is 12.1 Å². The van der Waals surface area contributed by atoms with Crippen molar-refractivity contribution in [3.8, 4) is 5.75 Å². The van der Waals surface area contributed by atoms with Gasteiger partial charge in [-0.05, 0) is 45.4 Å². The van der Waals surface area contributed by atoms with Gasteiger partial charge in [0.05, 0.1) is 12.6 Å². The van der Waals surface area contributed by atoms with Crippen LogP contribution in [0.15, 0.2) is 29.3 Å². The molecule has 2 amide bonds. The number of carbonyl (C=O) groups excluding carboxylic acids is 2. The molecule has 29 heavy (non-hydrogen) atoms. The summed E-state index contributed by atoms with van der Waals surface area (Å²) >= 11 is 0. The highest BCUT2D eigenvalue weighted by atomic mass is 16.6. The summed E-state index contributed by atoms with van der Waals surface area (Å²) in [5.74, 6) is 0.722. The second-order valence-electron chi connectivity index (χ2n) is 7.82. The summed E-state index contributed by atoms with van der Waals surface area (Å²) in [5, 5.41) is 6.52. The number of nitrogens with one attached hydrogen (secondary N) is 2. The number of hydrogen-bond acceptors (Lipinski definition) is 5. The Morgan fingerprint density at radius 3 is 2.66 bits per heavy atom. The van der Waals surface area contributed by atoms with Crippen molar-refractivity contribution in [2.75, 3.05) is 26.2 Å². The number of rotatable bonds is 7. The molecule has 0 spiro atoms. The maximum atomic E-state index is 12.0. The molecule has 1 saturated heterocycles. The summed E-state index contributed by atoms with van der Waals surface area (Å²) in [6.07, 6.45) is -0.301. The lowest BCUT2D eigenvalue weighted by molar-refractivity contribution is -0.119. The Kier molecular flexibility index (Phi) is 7.69. The topological polar surface area (TPSA) is 118 Å². The van der Waals surface area contributed by atoms with Crippen LogP contribution in [0.3, 0.4) is 0 Å². The molecule has 1 aliphatic heterocycles. The minimum absolute atomic E-state index is 0.116. The molecule has 0 unspecified atom stereocenters. The first-order valence-electron chi connectivity index (χ1n) is 9.69. The molecule has 4 N–H and O–H groups in total. The number of guanidine groups is 1. The number of hydrogen-bond donors (Lipinski definition) is 3. The molecule has 1 aliphatic rings. The average Bonchev–Trinajstić information content (AvgIpc) is 2.59. The molecule has 0 radical (unpaired) electrons. The molecule has 0 saturated carbocycles. The SMILES string of the molecule is CCNC(=NCc1cccc(OCC(N)=O)c1)NC1CN(C(=O)OC(C)(C)C)C1. The fraction of sp³-hybridized carbons (Fsp3) is 0.550. The maximum absolute atomic E-state index is 12.0. The van der Waals surface area contributed by atoms with E-state index in [4.69, 9.17) is 15.2 Å². The van der Waals surface area contributed by atoms with Crippen molar-refractivity contribution in [2.45, 2.75) is 45.9 Å². The average molecular weight is 405 g/mol. The molecule has 0 bridgehead atoms. The Hall–Kier alpha value is -2.97. The van der Waals surface area contributed by atoms with Gasteiger partial charge in [0.1, 0.15) is 11.4 Å². The van der Waals surface area contributed by atoms with E-state index < -0.39 is 11.5 Å². The van der Waals surface area contributed by atoms with Crippen molar-refractivity contribution in [3.05, 3.63) is 29.8 Å². The van der Waals surface area contributed by atoms with Crippen molar-refractivity contribution in [1.82, 2.24) is 15.5 Å². The highest BCUT2D eigenvalue weighted by molar-refractivity contribution is 5.80. The van der Waals surface area contributed by atoms with Gasteiger partial charge < -0.3 is 30.7 Å². The number of nitrogens with zero attached hydrogens (tertiary/aromatic N) is 2. The van der Waals surface area contributed by atoms with E-state index in [-0.39, 0.29) is 18.7 Å². The lowest BCUT2D eigenvalue weighted by Crippen LogP contribution is -2.63. The smallest absolute Gasteiger partial charge is 0.410 e. The van der Waals surface area contributed by atoms with E-state index >= 15 is 0 Å². The summed E-state index contributed by atoms with van der Waals surface area (Å²) in [4.78, 5) is 29.1. The molecule has 0 atom stereocenters. The summed E-state index contributed by atoms with van der Waals surface area (Å²) in [7, 11) is 0. The van der Waals surface area contributed by atoms with Gasteiger partial charge >= 0.3 is 6.09 Å². The van der Waals surface area contributed by atoms with Crippen molar-refractivity contribution in [3.63, 3.8) is 0 Å². The number of primary amides is 1. The maximum Gasteiger partial charge on any atom is 0.410 e. The van der Waals surface area contributed by atoms with Crippen LogP contribution in [0.1, 0.15) is 33.3 Å². The molecule has 1 heterocycles. The monoisotopic (exact) mass is 405 g/mol. The Bertz CT molecular complexity index is 739. The molecular weight excluding hydrogens is 374 g/mol. The van der Waals surface area contributed by atoms with Crippen LogP contribution in [-0.4, -0.2) is 60.7 Å². The van der Waals surface area contributed by atoms with Crippen LogP contribution in [0.2, 0.25) is 0 Å². The Morgan fingerprint density at radius 2 is 2.03 bits per heavy atom. The molecule has 0 aliphatic carbocycles. The number of aliphatic imine (C=N–C) groups is 1. The van der Waals surface area contributed by atoms with E-state index in [9.17, 15) is 9.59 Å². The van der Waals surface area contributed by atoms with E-state index in [2.05, 4.69) is 15.6 Å². The zero-order chi connectivity index (χ0) is 21.4. The van der Waals surface area contributed by atoms with Crippen LogP contribution in [0.4, 0.5) is 4.79 Å². The number of carbonyl (C=O) groups is 2. The lowest BCUT2D eigenvalue weighted by Gasteiger charge is -2.40. The van der Waals surface area contributed by atoms with E-state index in [0.29, 0.717) is 31.3 Å². The van der Waals surface area contributed by atoms with Gasteiger partial charge in [-0.3, -0.25) is 4.79 Å². The van der Waals surface area contributed by atoms with Gasteiger partial charge in [-0.25, -0.2) is 9.79 Å². The summed E-state index contributed by atoms with van der Waals surface area (Å²) in [5.41, 5.74) is 5.54. The number of nitrogens with two attached hydrogens (primary N) is 1. The molecule has 1 fully saturated rings. The Labute approximate surface area is 171 Å². The Morgan fingerprint density at radius 1 is 1.31 bits per heavy atom. The summed E-state index contributed by atoms with van der Waals surface area (Å²) in [6, 6.07) is 7.47. The molecule has 0 aromatic heterocycles. The molecule has 2 rings (SSSR count). The normalized spacial score (nSPS) is 14.8. The predicted molar refractivity (Wildman–Crippen MR) is 111 cm³/mol. The van der Waals surface area contributed by atoms with Crippen molar-refractivity contribution in [1.29, 1.82) is 0 Å². The van der Waals surface area contributed by atoms with Crippen molar-refractivity contribution < 1.29 is 19.1 Å². The molecule has 1 aromatic carbocycles.